The van der Waals surface area contributed by atoms with E-state index in [2.05, 4.69) is 26.2 Å². The zero-order chi connectivity index (χ0) is 18.0. The molecule has 2 aromatic rings. The van der Waals surface area contributed by atoms with Crippen molar-refractivity contribution in [2.75, 3.05) is 0 Å². The van der Waals surface area contributed by atoms with Crippen molar-refractivity contribution in [3.8, 4) is 0 Å². The van der Waals surface area contributed by atoms with Crippen molar-refractivity contribution < 1.29 is 24.6 Å². The number of halogens is 1. The van der Waals surface area contributed by atoms with E-state index in [9.17, 15) is 14.4 Å². The SMILES string of the molecule is Cc1cc(Br)c2nc(C)c(C(=O)NC(CCC(=O)O)C(=O)O)n2c1. The van der Waals surface area contributed by atoms with Gasteiger partial charge < -0.3 is 15.5 Å². The molecule has 9 heteroatoms. The normalized spacial score (nSPS) is 12.1. The number of hydrogen-bond donors (Lipinski definition) is 3. The minimum absolute atomic E-state index is 0.199. The lowest BCUT2D eigenvalue weighted by molar-refractivity contribution is -0.140. The number of carboxylic acids is 2. The Balaban J connectivity index is 2.35. The number of aliphatic carboxylic acids is 2. The van der Waals surface area contributed by atoms with Crippen LogP contribution in [0.5, 0.6) is 0 Å². The highest BCUT2D eigenvalue weighted by atomic mass is 79.9. The Morgan fingerprint density at radius 2 is 2.00 bits per heavy atom. The number of hydrogen-bond acceptors (Lipinski definition) is 4. The quantitative estimate of drug-likeness (QED) is 0.682. The Morgan fingerprint density at radius 3 is 2.58 bits per heavy atom. The van der Waals surface area contributed by atoms with Gasteiger partial charge in [-0.2, -0.15) is 0 Å². The van der Waals surface area contributed by atoms with Gasteiger partial charge >= 0.3 is 11.9 Å². The fraction of sp³-hybridized carbons (Fsp3) is 0.333. The average molecular weight is 398 g/mol. The fourth-order valence-corrected chi connectivity index (χ4v) is 3.01. The predicted molar refractivity (Wildman–Crippen MR) is 88.1 cm³/mol. The van der Waals surface area contributed by atoms with Gasteiger partial charge in [0.1, 0.15) is 11.7 Å². The van der Waals surface area contributed by atoms with E-state index < -0.39 is 23.9 Å². The molecule has 3 N–H and O–H groups in total. The lowest BCUT2D eigenvalue weighted by Crippen LogP contribution is -2.41. The van der Waals surface area contributed by atoms with Gasteiger partial charge in [0.25, 0.3) is 5.91 Å². The molecule has 2 aromatic heterocycles. The molecule has 0 aromatic carbocycles. The zero-order valence-electron chi connectivity index (χ0n) is 13.0. The fourth-order valence-electron chi connectivity index (χ4n) is 2.37. The summed E-state index contributed by atoms with van der Waals surface area (Å²) in [6.07, 6.45) is 1.17. The topological polar surface area (TPSA) is 121 Å². The van der Waals surface area contributed by atoms with E-state index in [1.54, 1.807) is 17.5 Å². The van der Waals surface area contributed by atoms with Crippen LogP contribution in [0.25, 0.3) is 5.65 Å². The van der Waals surface area contributed by atoms with Crippen molar-refractivity contribution in [2.24, 2.45) is 0 Å². The summed E-state index contributed by atoms with van der Waals surface area (Å²) in [5.74, 6) is -3.02. The lowest BCUT2D eigenvalue weighted by atomic mass is 10.1. The summed E-state index contributed by atoms with van der Waals surface area (Å²) >= 11 is 3.38. The van der Waals surface area contributed by atoms with Gasteiger partial charge in [0.2, 0.25) is 0 Å². The van der Waals surface area contributed by atoms with E-state index in [0.29, 0.717) is 15.8 Å². The summed E-state index contributed by atoms with van der Waals surface area (Å²) < 4.78 is 2.30. The first kappa shape index (κ1) is 17.9. The van der Waals surface area contributed by atoms with Crippen LogP contribution in [0, 0.1) is 13.8 Å². The first-order chi connectivity index (χ1) is 11.2. The summed E-state index contributed by atoms with van der Waals surface area (Å²) in [4.78, 5) is 38.7. The molecule has 0 aliphatic rings. The third-order valence-corrected chi connectivity index (χ3v) is 4.04. The molecular weight excluding hydrogens is 382 g/mol. The first-order valence-electron chi connectivity index (χ1n) is 7.11. The number of imidazole rings is 1. The molecule has 2 heterocycles. The minimum Gasteiger partial charge on any atom is -0.481 e. The molecule has 0 aliphatic carbocycles. The summed E-state index contributed by atoms with van der Waals surface area (Å²) in [5, 5.41) is 20.2. The van der Waals surface area contributed by atoms with Crippen molar-refractivity contribution in [3.63, 3.8) is 0 Å². The number of pyridine rings is 1. The van der Waals surface area contributed by atoms with Crippen LogP contribution in [0.2, 0.25) is 0 Å². The van der Waals surface area contributed by atoms with Gasteiger partial charge in [0.15, 0.2) is 5.65 Å². The molecule has 0 spiro atoms. The van der Waals surface area contributed by atoms with Gasteiger partial charge in [0, 0.05) is 12.6 Å². The van der Waals surface area contributed by atoms with Crippen LogP contribution in [-0.2, 0) is 9.59 Å². The molecule has 0 radical (unpaired) electrons. The summed E-state index contributed by atoms with van der Waals surface area (Å²) in [6, 6.07) is 0.572. The molecule has 2 rings (SSSR count). The number of aryl methyl sites for hydroxylation is 2. The van der Waals surface area contributed by atoms with Gasteiger partial charge in [-0.15, -0.1) is 0 Å². The highest BCUT2D eigenvalue weighted by Gasteiger charge is 2.25. The molecule has 1 unspecified atom stereocenters. The average Bonchev–Trinajstić information content (AvgIpc) is 2.79. The third kappa shape index (κ3) is 3.73. The van der Waals surface area contributed by atoms with Crippen molar-refractivity contribution in [1.29, 1.82) is 0 Å². The molecule has 0 saturated heterocycles. The number of amides is 1. The molecule has 1 amide bonds. The van der Waals surface area contributed by atoms with Crippen LogP contribution in [0.3, 0.4) is 0 Å². The van der Waals surface area contributed by atoms with E-state index >= 15 is 0 Å². The van der Waals surface area contributed by atoms with Gasteiger partial charge in [-0.1, -0.05) is 0 Å². The summed E-state index contributed by atoms with van der Waals surface area (Å²) in [5.41, 5.74) is 2.10. The van der Waals surface area contributed by atoms with Crippen molar-refractivity contribution >= 4 is 39.4 Å². The number of nitrogens with zero attached hydrogens (tertiary/aromatic N) is 2. The molecule has 0 fully saturated rings. The van der Waals surface area contributed by atoms with Crippen molar-refractivity contribution in [3.05, 3.63) is 33.7 Å². The van der Waals surface area contributed by atoms with Crippen molar-refractivity contribution in [2.45, 2.75) is 32.7 Å². The Hall–Kier alpha value is -2.42. The summed E-state index contributed by atoms with van der Waals surface area (Å²) in [7, 11) is 0. The van der Waals surface area contributed by atoms with E-state index in [-0.39, 0.29) is 18.5 Å². The zero-order valence-corrected chi connectivity index (χ0v) is 14.6. The maximum absolute atomic E-state index is 12.5. The lowest BCUT2D eigenvalue weighted by Gasteiger charge is -2.14. The highest BCUT2D eigenvalue weighted by Crippen LogP contribution is 2.22. The maximum Gasteiger partial charge on any atom is 0.326 e. The Morgan fingerprint density at radius 1 is 1.33 bits per heavy atom. The van der Waals surface area contributed by atoms with E-state index in [1.165, 1.54) is 0 Å². The second kappa shape index (κ2) is 7.00. The van der Waals surface area contributed by atoms with E-state index in [4.69, 9.17) is 10.2 Å². The molecule has 0 bridgehead atoms. The van der Waals surface area contributed by atoms with Crippen LogP contribution in [0.15, 0.2) is 16.7 Å². The molecular formula is C15H16BrN3O5. The smallest absolute Gasteiger partial charge is 0.326 e. The molecule has 1 atom stereocenters. The molecule has 128 valence electrons. The monoisotopic (exact) mass is 397 g/mol. The first-order valence-corrected chi connectivity index (χ1v) is 7.90. The number of rotatable bonds is 6. The maximum atomic E-state index is 12.5. The van der Waals surface area contributed by atoms with E-state index in [1.807, 2.05) is 13.0 Å². The summed E-state index contributed by atoms with van der Waals surface area (Å²) in [6.45, 7) is 3.50. The van der Waals surface area contributed by atoms with Gasteiger partial charge in [0.05, 0.1) is 10.2 Å². The van der Waals surface area contributed by atoms with Gasteiger partial charge in [-0.05, 0) is 47.8 Å². The molecule has 0 saturated carbocycles. The number of carboxylic acid groups (broad SMARTS) is 2. The second-order valence-electron chi connectivity index (χ2n) is 5.40. The van der Waals surface area contributed by atoms with Crippen LogP contribution in [0.1, 0.15) is 34.6 Å². The Labute approximate surface area is 145 Å². The number of carbonyl (C=O) groups is 3. The minimum atomic E-state index is -1.29. The number of nitrogens with one attached hydrogen (secondary N) is 1. The molecule has 0 aliphatic heterocycles. The largest absolute Gasteiger partial charge is 0.481 e. The molecule has 8 nitrogen and oxygen atoms in total. The van der Waals surface area contributed by atoms with E-state index in [0.717, 1.165) is 5.56 Å². The standard InChI is InChI=1S/C15H16BrN3O5/c1-7-5-9(16)13-17-8(2)12(19(13)6-7)14(22)18-10(15(23)24)3-4-11(20)21/h5-6,10H,3-4H2,1-2H3,(H,18,22)(H,20,21)(H,23,24). The van der Waals surface area contributed by atoms with Crippen LogP contribution in [-0.4, -0.2) is 43.5 Å². The van der Waals surface area contributed by atoms with Gasteiger partial charge in [-0.25, -0.2) is 9.78 Å². The van der Waals surface area contributed by atoms with Gasteiger partial charge in [-0.3, -0.25) is 14.0 Å². The van der Waals surface area contributed by atoms with Crippen molar-refractivity contribution in [1.82, 2.24) is 14.7 Å². The third-order valence-electron chi connectivity index (χ3n) is 3.45. The van der Waals surface area contributed by atoms with Crippen LogP contribution >= 0.6 is 15.9 Å². The number of carbonyl (C=O) groups excluding carboxylic acids is 1. The molecule has 24 heavy (non-hydrogen) atoms. The Kier molecular flexibility index (Phi) is 5.23. The Bertz CT molecular complexity index is 830. The highest BCUT2D eigenvalue weighted by molar-refractivity contribution is 9.10. The predicted octanol–water partition coefficient (Wildman–Crippen LogP) is 1.76. The van der Waals surface area contributed by atoms with Crippen LogP contribution in [0.4, 0.5) is 0 Å². The second-order valence-corrected chi connectivity index (χ2v) is 6.26. The number of aromatic nitrogens is 2. The number of fused-ring (bicyclic) bond motifs is 1. The van der Waals surface area contributed by atoms with Crippen LogP contribution < -0.4 is 5.32 Å².